The standard InChI is InChI=1S/C12H9BrINO3/c1-2-18-12(17)8(6-15)3-7-4-9(13)5-10(14)11(7)16/h3-5,16H,2H2,1H3/b8-3+. The molecule has 1 aromatic rings. The predicted octanol–water partition coefficient (Wildman–Crippen LogP) is 3.23. The van der Waals surface area contributed by atoms with Gasteiger partial charge in [0.2, 0.25) is 0 Å². The molecule has 0 radical (unpaired) electrons. The molecule has 0 aliphatic heterocycles. The van der Waals surface area contributed by atoms with E-state index in [1.54, 1.807) is 25.1 Å². The molecule has 0 heterocycles. The van der Waals surface area contributed by atoms with Crippen LogP contribution in [0.2, 0.25) is 0 Å². The Balaban J connectivity index is 3.22. The fraction of sp³-hybridized carbons (Fsp3) is 0.167. The van der Waals surface area contributed by atoms with Crippen molar-refractivity contribution in [3.63, 3.8) is 0 Å². The maximum Gasteiger partial charge on any atom is 0.348 e. The van der Waals surface area contributed by atoms with Crippen LogP contribution in [0.3, 0.4) is 0 Å². The van der Waals surface area contributed by atoms with Gasteiger partial charge in [0.05, 0.1) is 10.2 Å². The summed E-state index contributed by atoms with van der Waals surface area (Å²) in [6, 6.07) is 5.10. The van der Waals surface area contributed by atoms with Crippen molar-refractivity contribution < 1.29 is 14.6 Å². The van der Waals surface area contributed by atoms with E-state index in [0.717, 1.165) is 4.47 Å². The lowest BCUT2D eigenvalue weighted by atomic mass is 10.1. The second-order valence-corrected chi connectivity index (χ2v) is 5.29. The molecular weight excluding hydrogens is 413 g/mol. The van der Waals surface area contributed by atoms with Gasteiger partial charge in [0.15, 0.2) is 0 Å². The first-order chi connectivity index (χ1) is 8.49. The minimum atomic E-state index is -0.700. The topological polar surface area (TPSA) is 70.3 Å². The van der Waals surface area contributed by atoms with E-state index in [9.17, 15) is 9.90 Å². The van der Waals surface area contributed by atoms with Crippen LogP contribution in [0.1, 0.15) is 12.5 Å². The van der Waals surface area contributed by atoms with E-state index in [-0.39, 0.29) is 17.9 Å². The Labute approximate surface area is 127 Å². The van der Waals surface area contributed by atoms with E-state index in [4.69, 9.17) is 10.00 Å². The van der Waals surface area contributed by atoms with Crippen molar-refractivity contribution >= 4 is 50.6 Å². The van der Waals surface area contributed by atoms with Crippen LogP contribution in [-0.4, -0.2) is 17.7 Å². The molecule has 0 amide bonds. The average Bonchev–Trinajstić information content (AvgIpc) is 2.32. The highest BCUT2D eigenvalue weighted by molar-refractivity contribution is 14.1. The lowest BCUT2D eigenvalue weighted by Gasteiger charge is -2.04. The molecule has 0 atom stereocenters. The monoisotopic (exact) mass is 421 g/mol. The van der Waals surface area contributed by atoms with Crippen molar-refractivity contribution in [3.05, 3.63) is 31.3 Å². The van der Waals surface area contributed by atoms with Crippen LogP contribution in [0.25, 0.3) is 6.08 Å². The number of phenolic OH excluding ortho intramolecular Hbond substituents is 1. The predicted molar refractivity (Wildman–Crippen MR) is 78.7 cm³/mol. The van der Waals surface area contributed by atoms with Gasteiger partial charge in [0.1, 0.15) is 17.4 Å². The lowest BCUT2D eigenvalue weighted by Crippen LogP contribution is -2.06. The second-order valence-electron chi connectivity index (χ2n) is 3.22. The van der Waals surface area contributed by atoms with Crippen molar-refractivity contribution in [2.45, 2.75) is 6.92 Å². The van der Waals surface area contributed by atoms with Gasteiger partial charge in [-0.05, 0) is 47.7 Å². The number of hydrogen-bond acceptors (Lipinski definition) is 4. The quantitative estimate of drug-likeness (QED) is 0.352. The SMILES string of the molecule is CCOC(=O)/C(C#N)=C/c1cc(Br)cc(I)c1O. The van der Waals surface area contributed by atoms with Crippen molar-refractivity contribution in [2.75, 3.05) is 6.61 Å². The van der Waals surface area contributed by atoms with Gasteiger partial charge < -0.3 is 9.84 Å². The van der Waals surface area contributed by atoms with Gasteiger partial charge in [-0.15, -0.1) is 0 Å². The normalized spacial score (nSPS) is 10.9. The van der Waals surface area contributed by atoms with E-state index in [1.165, 1.54) is 6.08 Å². The first-order valence-corrected chi connectivity index (χ1v) is 6.83. The molecule has 1 rings (SSSR count). The van der Waals surface area contributed by atoms with E-state index in [0.29, 0.717) is 9.13 Å². The van der Waals surface area contributed by atoms with Gasteiger partial charge in [-0.2, -0.15) is 5.26 Å². The number of nitrogens with zero attached hydrogens (tertiary/aromatic N) is 1. The van der Waals surface area contributed by atoms with Gasteiger partial charge in [0, 0.05) is 10.0 Å². The number of carbonyl (C=O) groups excluding carboxylic acids is 1. The minimum absolute atomic E-state index is 0.0239. The Bertz CT molecular complexity index is 549. The Hall–Kier alpha value is -1.07. The molecule has 0 aliphatic rings. The molecule has 4 nitrogen and oxygen atoms in total. The highest BCUT2D eigenvalue weighted by atomic mass is 127. The highest BCUT2D eigenvalue weighted by Crippen LogP contribution is 2.30. The Morgan fingerprint density at radius 1 is 1.67 bits per heavy atom. The molecule has 0 unspecified atom stereocenters. The zero-order valence-corrected chi connectivity index (χ0v) is 13.1. The first kappa shape index (κ1) is 15.0. The number of rotatable bonds is 3. The van der Waals surface area contributed by atoms with E-state index < -0.39 is 5.97 Å². The Morgan fingerprint density at radius 2 is 2.33 bits per heavy atom. The largest absolute Gasteiger partial charge is 0.506 e. The number of hydrogen-bond donors (Lipinski definition) is 1. The molecule has 94 valence electrons. The van der Waals surface area contributed by atoms with Crippen LogP contribution in [0, 0.1) is 14.9 Å². The first-order valence-electron chi connectivity index (χ1n) is 4.96. The van der Waals surface area contributed by atoms with Gasteiger partial charge in [-0.3, -0.25) is 0 Å². The minimum Gasteiger partial charge on any atom is -0.506 e. The summed E-state index contributed by atoms with van der Waals surface area (Å²) < 4.78 is 6.11. The fourth-order valence-corrected chi connectivity index (χ4v) is 2.75. The molecule has 0 aromatic heterocycles. The van der Waals surface area contributed by atoms with Crippen LogP contribution in [0.5, 0.6) is 5.75 Å². The van der Waals surface area contributed by atoms with Gasteiger partial charge in [-0.1, -0.05) is 15.9 Å². The molecule has 0 spiro atoms. The summed E-state index contributed by atoms with van der Waals surface area (Å²) in [4.78, 5) is 11.5. The van der Waals surface area contributed by atoms with Crippen LogP contribution in [0.4, 0.5) is 0 Å². The summed E-state index contributed by atoms with van der Waals surface area (Å²) in [5, 5.41) is 18.7. The number of nitriles is 1. The molecule has 1 N–H and O–H groups in total. The number of benzene rings is 1. The number of ether oxygens (including phenoxy) is 1. The summed E-state index contributed by atoms with van der Waals surface area (Å²) in [6.45, 7) is 1.85. The van der Waals surface area contributed by atoms with Crippen molar-refractivity contribution in [1.29, 1.82) is 5.26 Å². The van der Waals surface area contributed by atoms with Crippen LogP contribution in [-0.2, 0) is 9.53 Å². The Morgan fingerprint density at radius 3 is 2.89 bits per heavy atom. The third kappa shape index (κ3) is 3.71. The summed E-state index contributed by atoms with van der Waals surface area (Å²) in [6.07, 6.45) is 1.31. The van der Waals surface area contributed by atoms with Gasteiger partial charge >= 0.3 is 5.97 Å². The summed E-state index contributed by atoms with van der Waals surface area (Å²) in [5.74, 6) is -0.676. The maximum atomic E-state index is 11.5. The molecule has 0 aliphatic carbocycles. The fourth-order valence-electron chi connectivity index (χ4n) is 1.20. The number of halogens is 2. The number of phenols is 1. The molecule has 0 saturated carbocycles. The zero-order valence-electron chi connectivity index (χ0n) is 9.41. The van der Waals surface area contributed by atoms with Crippen molar-refractivity contribution in [3.8, 4) is 11.8 Å². The third-order valence-corrected chi connectivity index (χ3v) is 3.25. The van der Waals surface area contributed by atoms with E-state index >= 15 is 0 Å². The molecule has 6 heteroatoms. The van der Waals surface area contributed by atoms with Crippen LogP contribution < -0.4 is 0 Å². The molecule has 0 bridgehead atoms. The van der Waals surface area contributed by atoms with Crippen LogP contribution >= 0.6 is 38.5 Å². The van der Waals surface area contributed by atoms with Crippen molar-refractivity contribution in [2.24, 2.45) is 0 Å². The van der Waals surface area contributed by atoms with Crippen molar-refractivity contribution in [1.82, 2.24) is 0 Å². The molecule has 0 saturated heterocycles. The molecular formula is C12H9BrINO3. The molecule has 0 fully saturated rings. The third-order valence-electron chi connectivity index (χ3n) is 1.97. The van der Waals surface area contributed by atoms with Gasteiger partial charge in [0.25, 0.3) is 0 Å². The number of esters is 1. The lowest BCUT2D eigenvalue weighted by molar-refractivity contribution is -0.137. The molecule has 1 aromatic carbocycles. The molecule has 18 heavy (non-hydrogen) atoms. The van der Waals surface area contributed by atoms with E-state index in [2.05, 4.69) is 15.9 Å². The highest BCUT2D eigenvalue weighted by Gasteiger charge is 2.12. The number of aromatic hydroxyl groups is 1. The Kier molecular flexibility index (Phi) is 5.62. The zero-order chi connectivity index (χ0) is 13.7. The van der Waals surface area contributed by atoms with E-state index in [1.807, 2.05) is 22.6 Å². The maximum absolute atomic E-state index is 11.5. The number of carbonyl (C=O) groups is 1. The smallest absolute Gasteiger partial charge is 0.348 e. The second kappa shape index (κ2) is 6.75. The summed E-state index contributed by atoms with van der Waals surface area (Å²) in [5.41, 5.74) is 0.236. The average molecular weight is 422 g/mol. The summed E-state index contributed by atoms with van der Waals surface area (Å²) >= 11 is 5.24. The summed E-state index contributed by atoms with van der Waals surface area (Å²) in [7, 11) is 0. The van der Waals surface area contributed by atoms with Crippen LogP contribution in [0.15, 0.2) is 22.2 Å². The van der Waals surface area contributed by atoms with Gasteiger partial charge in [-0.25, -0.2) is 4.79 Å².